The third-order valence-electron chi connectivity index (χ3n) is 4.93. The number of piperidine rings is 1. The average Bonchev–Trinajstić information content (AvgIpc) is 2.44. The van der Waals surface area contributed by atoms with Crippen molar-refractivity contribution in [2.75, 3.05) is 13.6 Å². The Kier molecular flexibility index (Phi) is 5.83. The van der Waals surface area contributed by atoms with Crippen molar-refractivity contribution < 1.29 is 0 Å². The van der Waals surface area contributed by atoms with Gasteiger partial charge in [-0.25, -0.2) is 0 Å². The monoisotopic (exact) mass is 288 g/mol. The van der Waals surface area contributed by atoms with Gasteiger partial charge in [0.1, 0.15) is 0 Å². The molecule has 1 aliphatic rings. The van der Waals surface area contributed by atoms with Gasteiger partial charge in [0, 0.05) is 24.7 Å². The van der Waals surface area contributed by atoms with Crippen LogP contribution in [0, 0.1) is 11.8 Å². The lowest BCUT2D eigenvalue weighted by atomic mass is 9.87. The molecule has 2 nitrogen and oxygen atoms in total. The predicted molar refractivity (Wildman–Crippen MR) is 91.4 cm³/mol. The molecule has 2 heteroatoms. The first-order chi connectivity index (χ1) is 9.97. The molecule has 2 rings (SSSR count). The van der Waals surface area contributed by atoms with Crippen molar-refractivity contribution in [1.29, 1.82) is 0 Å². The second-order valence-electron chi connectivity index (χ2n) is 7.37. The third kappa shape index (κ3) is 4.55. The van der Waals surface area contributed by atoms with Gasteiger partial charge in [-0.05, 0) is 44.2 Å². The summed E-state index contributed by atoms with van der Waals surface area (Å²) in [4.78, 5) is 2.49. The van der Waals surface area contributed by atoms with Crippen LogP contribution >= 0.6 is 0 Å². The third-order valence-corrected chi connectivity index (χ3v) is 4.93. The molecule has 0 saturated carbocycles. The maximum Gasteiger partial charge on any atom is 0.0325 e. The molecule has 4 unspecified atom stereocenters. The van der Waals surface area contributed by atoms with Gasteiger partial charge in [-0.3, -0.25) is 0 Å². The van der Waals surface area contributed by atoms with E-state index in [4.69, 9.17) is 0 Å². The topological polar surface area (TPSA) is 15.3 Å². The average molecular weight is 288 g/mol. The summed E-state index contributed by atoms with van der Waals surface area (Å²) in [6, 6.07) is 12.7. The molecule has 21 heavy (non-hydrogen) atoms. The van der Waals surface area contributed by atoms with Crippen LogP contribution in [-0.4, -0.2) is 30.6 Å². The summed E-state index contributed by atoms with van der Waals surface area (Å²) in [5.74, 6) is 1.42. The first-order valence-electron chi connectivity index (χ1n) is 8.48. The molecule has 0 amide bonds. The summed E-state index contributed by atoms with van der Waals surface area (Å²) < 4.78 is 0. The van der Waals surface area contributed by atoms with E-state index in [0.717, 1.165) is 0 Å². The van der Waals surface area contributed by atoms with Crippen LogP contribution in [0.5, 0.6) is 0 Å². The van der Waals surface area contributed by atoms with Gasteiger partial charge < -0.3 is 10.2 Å². The van der Waals surface area contributed by atoms with Gasteiger partial charge in [0.25, 0.3) is 0 Å². The van der Waals surface area contributed by atoms with E-state index in [9.17, 15) is 0 Å². The largest absolute Gasteiger partial charge is 0.307 e. The van der Waals surface area contributed by atoms with Crippen molar-refractivity contribution in [3.63, 3.8) is 0 Å². The number of likely N-dealkylation sites (tertiary alicyclic amines) is 1. The first-order valence-corrected chi connectivity index (χ1v) is 8.48. The Bertz CT molecular complexity index is 415. The van der Waals surface area contributed by atoms with E-state index in [2.05, 4.69) is 75.3 Å². The van der Waals surface area contributed by atoms with Gasteiger partial charge in [-0.2, -0.15) is 0 Å². The minimum Gasteiger partial charge on any atom is -0.307 e. The van der Waals surface area contributed by atoms with Crippen LogP contribution in [0.3, 0.4) is 0 Å². The Morgan fingerprint density at radius 2 is 1.86 bits per heavy atom. The molecule has 118 valence electrons. The number of rotatable bonds is 5. The Morgan fingerprint density at radius 1 is 1.19 bits per heavy atom. The van der Waals surface area contributed by atoms with Crippen LogP contribution in [-0.2, 0) is 0 Å². The van der Waals surface area contributed by atoms with E-state index >= 15 is 0 Å². The van der Waals surface area contributed by atoms with Gasteiger partial charge in [-0.15, -0.1) is 0 Å². The molecule has 1 heterocycles. The van der Waals surface area contributed by atoms with Crippen LogP contribution < -0.4 is 5.32 Å². The van der Waals surface area contributed by atoms with Crippen molar-refractivity contribution >= 4 is 0 Å². The van der Waals surface area contributed by atoms with E-state index < -0.39 is 0 Å². The fourth-order valence-corrected chi connectivity index (χ4v) is 3.49. The number of benzene rings is 1. The van der Waals surface area contributed by atoms with E-state index in [1.165, 1.54) is 24.9 Å². The zero-order valence-corrected chi connectivity index (χ0v) is 14.3. The summed E-state index contributed by atoms with van der Waals surface area (Å²) in [6.45, 7) is 10.6. The molecule has 0 radical (unpaired) electrons. The Hall–Kier alpha value is -0.860. The van der Waals surface area contributed by atoms with Crippen molar-refractivity contribution in [2.45, 2.75) is 58.7 Å². The standard InChI is InChI=1S/C19H32N2/c1-14(2)11-19(17-9-7-6-8-10-17)20-18-12-16(4)21(5)13-15(18)3/h6-10,14-16,18-20H,11-13H2,1-5H3. The number of nitrogens with zero attached hydrogens (tertiary/aromatic N) is 1. The minimum atomic E-state index is 0.481. The van der Waals surface area contributed by atoms with Crippen LogP contribution in [0.15, 0.2) is 30.3 Å². The van der Waals surface area contributed by atoms with Crippen LogP contribution in [0.4, 0.5) is 0 Å². The molecule has 1 N–H and O–H groups in total. The van der Waals surface area contributed by atoms with Crippen molar-refractivity contribution in [2.24, 2.45) is 11.8 Å². The lowest BCUT2D eigenvalue weighted by Gasteiger charge is -2.42. The zero-order chi connectivity index (χ0) is 15.4. The first kappa shape index (κ1) is 16.5. The van der Waals surface area contributed by atoms with Gasteiger partial charge in [-0.1, -0.05) is 51.1 Å². The highest BCUT2D eigenvalue weighted by Gasteiger charge is 2.30. The SMILES string of the molecule is CC(C)CC(NC1CC(C)N(C)CC1C)c1ccccc1. The van der Waals surface area contributed by atoms with Crippen LogP contribution in [0.2, 0.25) is 0 Å². The van der Waals surface area contributed by atoms with Crippen LogP contribution in [0.25, 0.3) is 0 Å². The van der Waals surface area contributed by atoms with E-state index in [0.29, 0.717) is 30.0 Å². The molecular formula is C19H32N2. The molecule has 1 saturated heterocycles. The molecule has 1 aromatic rings. The van der Waals surface area contributed by atoms with Crippen molar-refractivity contribution in [3.8, 4) is 0 Å². The molecule has 0 aliphatic carbocycles. The van der Waals surface area contributed by atoms with Gasteiger partial charge in [0.15, 0.2) is 0 Å². The minimum absolute atomic E-state index is 0.481. The van der Waals surface area contributed by atoms with Gasteiger partial charge in [0.05, 0.1) is 0 Å². The highest BCUT2D eigenvalue weighted by Crippen LogP contribution is 2.27. The quantitative estimate of drug-likeness (QED) is 0.878. The van der Waals surface area contributed by atoms with Gasteiger partial charge in [0.2, 0.25) is 0 Å². The fourth-order valence-electron chi connectivity index (χ4n) is 3.49. The summed E-state index contributed by atoms with van der Waals surface area (Å²) in [5, 5.41) is 3.98. The van der Waals surface area contributed by atoms with Crippen molar-refractivity contribution in [1.82, 2.24) is 10.2 Å². The number of hydrogen-bond donors (Lipinski definition) is 1. The maximum absolute atomic E-state index is 3.98. The number of hydrogen-bond acceptors (Lipinski definition) is 2. The van der Waals surface area contributed by atoms with E-state index in [-0.39, 0.29) is 0 Å². The number of nitrogens with one attached hydrogen (secondary N) is 1. The predicted octanol–water partition coefficient (Wildman–Crippen LogP) is 4.09. The Morgan fingerprint density at radius 3 is 2.48 bits per heavy atom. The summed E-state index contributed by atoms with van der Waals surface area (Å²) >= 11 is 0. The summed E-state index contributed by atoms with van der Waals surface area (Å²) in [6.07, 6.45) is 2.45. The molecule has 1 fully saturated rings. The smallest absolute Gasteiger partial charge is 0.0325 e. The lowest BCUT2D eigenvalue weighted by molar-refractivity contribution is 0.113. The second-order valence-corrected chi connectivity index (χ2v) is 7.37. The lowest BCUT2D eigenvalue weighted by Crippen LogP contribution is -2.51. The van der Waals surface area contributed by atoms with E-state index in [1.54, 1.807) is 0 Å². The molecular weight excluding hydrogens is 256 g/mol. The fraction of sp³-hybridized carbons (Fsp3) is 0.684. The zero-order valence-electron chi connectivity index (χ0n) is 14.3. The Labute approximate surface area is 130 Å². The van der Waals surface area contributed by atoms with Crippen LogP contribution in [0.1, 0.15) is 52.1 Å². The molecule has 0 bridgehead atoms. The second kappa shape index (κ2) is 7.42. The Balaban J connectivity index is 2.08. The van der Waals surface area contributed by atoms with Gasteiger partial charge >= 0.3 is 0 Å². The maximum atomic E-state index is 3.98. The molecule has 4 atom stereocenters. The normalized spacial score (nSPS) is 28.8. The van der Waals surface area contributed by atoms with E-state index in [1.807, 2.05) is 0 Å². The molecule has 1 aliphatic heterocycles. The summed E-state index contributed by atoms with van der Waals surface area (Å²) in [5.41, 5.74) is 1.44. The highest BCUT2D eigenvalue weighted by molar-refractivity contribution is 5.19. The van der Waals surface area contributed by atoms with Crippen molar-refractivity contribution in [3.05, 3.63) is 35.9 Å². The highest BCUT2D eigenvalue weighted by atomic mass is 15.2. The molecule has 0 aromatic heterocycles. The summed E-state index contributed by atoms with van der Waals surface area (Å²) in [7, 11) is 2.25. The molecule has 0 spiro atoms. The molecule has 1 aromatic carbocycles.